The Hall–Kier alpha value is -2.93. The number of nitrogens with one attached hydrogen (secondary N) is 3. The molecule has 0 aliphatic carbocycles. The van der Waals surface area contributed by atoms with Crippen LogP contribution in [0.15, 0.2) is 4.99 Å². The maximum atomic E-state index is 11.8. The van der Waals surface area contributed by atoms with Gasteiger partial charge in [0.25, 0.3) is 0 Å². The number of aliphatic hydroxyl groups is 1. The number of hydrogen-bond donors (Lipinski definition) is 8. The van der Waals surface area contributed by atoms with Gasteiger partial charge < -0.3 is 43.4 Å². The molecular formula is C14H27N7O6. The standard InChI is InChI=1S/C14H27N7O6/c1-7(22)11(13(27)20-6-10(24)25)21-9(23)5-19-12(26)8(15)3-2-4-18-14(16)17/h7-8,11,22H,2-6,15H2,1H3,(H,19,26)(H,20,27)(H,21,23)(H,24,25)(H4,16,17,18). The van der Waals surface area contributed by atoms with Crippen LogP contribution in [0.5, 0.6) is 0 Å². The Morgan fingerprint density at radius 1 is 1.07 bits per heavy atom. The fourth-order valence-electron chi connectivity index (χ4n) is 1.85. The minimum absolute atomic E-state index is 0.0650. The number of nitrogens with zero attached hydrogens (tertiary/aromatic N) is 1. The first-order chi connectivity index (χ1) is 12.5. The van der Waals surface area contributed by atoms with Gasteiger partial charge >= 0.3 is 5.97 Å². The fraction of sp³-hybridized carbons (Fsp3) is 0.643. The van der Waals surface area contributed by atoms with Gasteiger partial charge in [0.1, 0.15) is 12.6 Å². The molecule has 13 heteroatoms. The SMILES string of the molecule is CC(O)C(NC(=O)CNC(=O)C(N)CCCN=C(N)N)C(=O)NCC(=O)O. The van der Waals surface area contributed by atoms with Crippen molar-refractivity contribution >= 4 is 29.7 Å². The summed E-state index contributed by atoms with van der Waals surface area (Å²) in [6.45, 7) is 0.418. The average Bonchev–Trinajstić information content (AvgIpc) is 2.58. The highest BCUT2D eigenvalue weighted by Gasteiger charge is 2.26. The highest BCUT2D eigenvalue weighted by Crippen LogP contribution is 1.96. The third-order valence-corrected chi connectivity index (χ3v) is 3.22. The molecule has 0 aliphatic heterocycles. The third kappa shape index (κ3) is 11.3. The molecule has 0 aromatic rings. The fourth-order valence-corrected chi connectivity index (χ4v) is 1.85. The van der Waals surface area contributed by atoms with Gasteiger partial charge in [0, 0.05) is 6.54 Å². The Morgan fingerprint density at radius 3 is 2.19 bits per heavy atom. The van der Waals surface area contributed by atoms with Crippen LogP contribution >= 0.6 is 0 Å². The number of nitrogens with two attached hydrogens (primary N) is 3. The number of carboxylic acid groups (broad SMARTS) is 1. The number of aliphatic hydroxyl groups excluding tert-OH is 1. The van der Waals surface area contributed by atoms with Crippen LogP contribution in [-0.2, 0) is 19.2 Å². The molecule has 0 saturated heterocycles. The molecule has 11 N–H and O–H groups in total. The molecule has 0 aromatic carbocycles. The van der Waals surface area contributed by atoms with E-state index >= 15 is 0 Å². The summed E-state index contributed by atoms with van der Waals surface area (Å²) in [7, 11) is 0. The van der Waals surface area contributed by atoms with Gasteiger partial charge in [0.15, 0.2) is 5.96 Å². The lowest BCUT2D eigenvalue weighted by molar-refractivity contribution is -0.139. The predicted octanol–water partition coefficient (Wildman–Crippen LogP) is -4.45. The molecule has 0 radical (unpaired) electrons. The van der Waals surface area contributed by atoms with Gasteiger partial charge in [0.2, 0.25) is 17.7 Å². The summed E-state index contributed by atoms with van der Waals surface area (Å²) >= 11 is 0. The van der Waals surface area contributed by atoms with Gasteiger partial charge in [-0.25, -0.2) is 0 Å². The number of carbonyl (C=O) groups is 4. The lowest BCUT2D eigenvalue weighted by Gasteiger charge is -2.20. The first kappa shape index (κ1) is 24.1. The Bertz CT molecular complexity index is 562. The van der Waals surface area contributed by atoms with E-state index in [2.05, 4.69) is 15.6 Å². The minimum Gasteiger partial charge on any atom is -0.480 e. The highest BCUT2D eigenvalue weighted by atomic mass is 16.4. The number of guanidine groups is 1. The van der Waals surface area contributed by atoms with Gasteiger partial charge in [-0.1, -0.05) is 0 Å². The van der Waals surface area contributed by atoms with Crippen LogP contribution in [0.2, 0.25) is 0 Å². The molecule has 0 heterocycles. The zero-order valence-corrected chi connectivity index (χ0v) is 15.0. The van der Waals surface area contributed by atoms with E-state index in [0.717, 1.165) is 0 Å². The monoisotopic (exact) mass is 389 g/mol. The number of carbonyl (C=O) groups excluding carboxylic acids is 3. The van der Waals surface area contributed by atoms with Crippen molar-refractivity contribution in [1.82, 2.24) is 16.0 Å². The number of aliphatic imine (C=N–C) groups is 1. The molecular weight excluding hydrogens is 362 g/mol. The van der Waals surface area contributed by atoms with Crippen molar-refractivity contribution in [3.05, 3.63) is 0 Å². The van der Waals surface area contributed by atoms with E-state index in [1.54, 1.807) is 0 Å². The summed E-state index contributed by atoms with van der Waals surface area (Å²) in [6, 6.07) is -2.25. The van der Waals surface area contributed by atoms with Crippen LogP contribution < -0.4 is 33.2 Å². The van der Waals surface area contributed by atoms with Gasteiger partial charge in [0.05, 0.1) is 18.7 Å². The van der Waals surface area contributed by atoms with Gasteiger partial charge in [-0.2, -0.15) is 0 Å². The Balaban J connectivity index is 4.36. The van der Waals surface area contributed by atoms with Crippen LogP contribution in [0.3, 0.4) is 0 Å². The van der Waals surface area contributed by atoms with Crippen LogP contribution in [0.25, 0.3) is 0 Å². The van der Waals surface area contributed by atoms with E-state index in [-0.39, 0.29) is 12.4 Å². The molecule has 0 aliphatic rings. The molecule has 0 rings (SSSR count). The van der Waals surface area contributed by atoms with Crippen molar-refractivity contribution < 1.29 is 29.4 Å². The van der Waals surface area contributed by atoms with Crippen LogP contribution in [-0.4, -0.2) is 77.7 Å². The summed E-state index contributed by atoms with van der Waals surface area (Å²) in [5, 5.41) is 24.6. The van der Waals surface area contributed by atoms with Crippen LogP contribution in [0.1, 0.15) is 19.8 Å². The lowest BCUT2D eigenvalue weighted by Crippen LogP contribution is -2.55. The Kier molecular flexibility index (Phi) is 11.1. The second-order valence-electron chi connectivity index (χ2n) is 5.67. The maximum Gasteiger partial charge on any atom is 0.322 e. The maximum absolute atomic E-state index is 11.8. The van der Waals surface area contributed by atoms with E-state index in [9.17, 15) is 24.3 Å². The predicted molar refractivity (Wildman–Crippen MR) is 95.2 cm³/mol. The van der Waals surface area contributed by atoms with Crippen molar-refractivity contribution in [3.8, 4) is 0 Å². The van der Waals surface area contributed by atoms with Crippen molar-refractivity contribution in [2.75, 3.05) is 19.6 Å². The van der Waals surface area contributed by atoms with Crippen LogP contribution in [0.4, 0.5) is 0 Å². The molecule has 3 unspecified atom stereocenters. The largest absolute Gasteiger partial charge is 0.480 e. The van der Waals surface area contributed by atoms with Crippen molar-refractivity contribution in [1.29, 1.82) is 0 Å². The molecule has 0 aromatic heterocycles. The van der Waals surface area contributed by atoms with Gasteiger partial charge in [-0.05, 0) is 19.8 Å². The molecule has 27 heavy (non-hydrogen) atoms. The smallest absolute Gasteiger partial charge is 0.322 e. The third-order valence-electron chi connectivity index (χ3n) is 3.22. The van der Waals surface area contributed by atoms with Crippen LogP contribution in [0, 0.1) is 0 Å². The quantitative estimate of drug-likeness (QED) is 0.0911. The molecule has 0 spiro atoms. The highest BCUT2D eigenvalue weighted by molar-refractivity contribution is 5.92. The zero-order chi connectivity index (χ0) is 21.0. The molecule has 13 nitrogen and oxygen atoms in total. The summed E-state index contributed by atoms with van der Waals surface area (Å²) in [4.78, 5) is 49.6. The lowest BCUT2D eigenvalue weighted by atomic mass is 10.1. The number of carboxylic acids is 1. The summed E-state index contributed by atoms with van der Waals surface area (Å²) < 4.78 is 0. The molecule has 0 bridgehead atoms. The van der Waals surface area contributed by atoms with E-state index in [0.29, 0.717) is 13.0 Å². The summed E-state index contributed by atoms with van der Waals surface area (Å²) in [5.74, 6) is -3.56. The van der Waals surface area contributed by atoms with E-state index in [1.807, 2.05) is 5.32 Å². The van der Waals surface area contributed by atoms with Crippen molar-refractivity contribution in [2.24, 2.45) is 22.2 Å². The first-order valence-corrected chi connectivity index (χ1v) is 8.10. The molecule has 3 amide bonds. The Morgan fingerprint density at radius 2 is 1.67 bits per heavy atom. The van der Waals surface area contributed by atoms with Gasteiger partial charge in [-0.3, -0.25) is 24.2 Å². The van der Waals surface area contributed by atoms with Gasteiger partial charge in [-0.15, -0.1) is 0 Å². The average molecular weight is 389 g/mol. The zero-order valence-electron chi connectivity index (χ0n) is 15.0. The second-order valence-corrected chi connectivity index (χ2v) is 5.67. The molecule has 0 fully saturated rings. The number of hydrogen-bond acceptors (Lipinski definition) is 7. The van der Waals surface area contributed by atoms with E-state index < -0.39 is 55.0 Å². The van der Waals surface area contributed by atoms with E-state index in [4.69, 9.17) is 22.3 Å². The Labute approximate surface area is 155 Å². The molecule has 0 saturated carbocycles. The normalized spacial score (nSPS) is 13.6. The molecule has 154 valence electrons. The summed E-state index contributed by atoms with van der Waals surface area (Å²) in [6.07, 6.45) is -0.527. The number of aliphatic carboxylic acids is 1. The first-order valence-electron chi connectivity index (χ1n) is 8.10. The number of rotatable bonds is 12. The molecule has 3 atom stereocenters. The topological polar surface area (TPSA) is 235 Å². The number of amides is 3. The minimum atomic E-state index is -1.37. The van der Waals surface area contributed by atoms with Crippen molar-refractivity contribution in [3.63, 3.8) is 0 Å². The summed E-state index contributed by atoms with van der Waals surface area (Å²) in [5.41, 5.74) is 16.0. The van der Waals surface area contributed by atoms with E-state index in [1.165, 1.54) is 6.92 Å². The second kappa shape index (κ2) is 12.4. The van der Waals surface area contributed by atoms with Crippen molar-refractivity contribution in [2.45, 2.75) is 38.0 Å².